The van der Waals surface area contributed by atoms with Crippen LogP contribution in [0.2, 0.25) is 0 Å². The molecule has 1 aliphatic carbocycles. The molecule has 1 aromatic heterocycles. The number of amides is 1. The summed E-state index contributed by atoms with van der Waals surface area (Å²) in [5, 5.41) is 7.05. The Bertz CT molecular complexity index is 453. The number of anilines is 2. The molecule has 0 aliphatic heterocycles. The van der Waals surface area contributed by atoms with Crippen LogP contribution in [0.1, 0.15) is 50.4 Å². The molecule has 1 unspecified atom stereocenters. The minimum absolute atomic E-state index is 0.0868. The lowest BCUT2D eigenvalue weighted by molar-refractivity contribution is 0.0945. The molecule has 19 heavy (non-hydrogen) atoms. The second-order valence-electron chi connectivity index (χ2n) is 5.52. The smallest absolute Gasteiger partial charge is 0.258 e. The molecule has 4 N–H and O–H groups in total. The quantitative estimate of drug-likeness (QED) is 0.775. The highest BCUT2D eigenvalue weighted by Gasteiger charge is 2.27. The van der Waals surface area contributed by atoms with E-state index < -0.39 is 0 Å². The van der Waals surface area contributed by atoms with E-state index in [0.717, 1.165) is 5.00 Å². The fourth-order valence-corrected chi connectivity index (χ4v) is 3.03. The van der Waals surface area contributed by atoms with Gasteiger partial charge in [0.15, 0.2) is 5.82 Å². The topological polar surface area (TPSA) is 80.0 Å². The van der Waals surface area contributed by atoms with E-state index in [0.29, 0.717) is 23.3 Å². The summed E-state index contributed by atoms with van der Waals surface area (Å²) in [6.45, 7) is 6.01. The van der Waals surface area contributed by atoms with E-state index in [4.69, 9.17) is 5.73 Å². The Hall–Kier alpha value is -1.30. The van der Waals surface area contributed by atoms with Crippen molar-refractivity contribution in [2.24, 2.45) is 5.92 Å². The van der Waals surface area contributed by atoms with Crippen LogP contribution in [0.5, 0.6) is 0 Å². The molecule has 1 amide bonds. The number of hydrogen-bond acceptors (Lipinski definition) is 5. The zero-order chi connectivity index (χ0) is 14.0. The standard InChI is InChI=1S/C13H22N4OS/c1-7(2)15-12(18)10-11(14)17-19-13(10)16-8(3)9-5-4-6-9/h7-9,16H,4-6H2,1-3H3,(H2,14,17)(H,15,18). The summed E-state index contributed by atoms with van der Waals surface area (Å²) in [7, 11) is 0. The fraction of sp³-hybridized carbons (Fsp3) is 0.692. The lowest BCUT2D eigenvalue weighted by Gasteiger charge is -2.32. The average Bonchev–Trinajstić information content (AvgIpc) is 2.55. The van der Waals surface area contributed by atoms with Gasteiger partial charge in [0, 0.05) is 12.1 Å². The normalized spacial score (nSPS) is 17.1. The van der Waals surface area contributed by atoms with Gasteiger partial charge in [0.05, 0.1) is 0 Å². The van der Waals surface area contributed by atoms with Crippen molar-refractivity contribution < 1.29 is 4.79 Å². The molecule has 106 valence electrons. The van der Waals surface area contributed by atoms with Gasteiger partial charge in [-0.15, -0.1) is 0 Å². The second kappa shape index (κ2) is 5.77. The third-order valence-electron chi connectivity index (χ3n) is 3.58. The maximum atomic E-state index is 12.1. The number of hydrogen-bond donors (Lipinski definition) is 3. The van der Waals surface area contributed by atoms with Crippen molar-refractivity contribution in [1.29, 1.82) is 0 Å². The van der Waals surface area contributed by atoms with E-state index in [9.17, 15) is 4.79 Å². The Labute approximate surface area is 118 Å². The van der Waals surface area contributed by atoms with Gasteiger partial charge in [0.1, 0.15) is 10.6 Å². The summed E-state index contributed by atoms with van der Waals surface area (Å²) in [5.41, 5.74) is 6.31. The van der Waals surface area contributed by atoms with Crippen LogP contribution in [0, 0.1) is 5.92 Å². The van der Waals surface area contributed by atoms with Crippen molar-refractivity contribution in [3.8, 4) is 0 Å². The van der Waals surface area contributed by atoms with Crippen molar-refractivity contribution >= 4 is 28.3 Å². The van der Waals surface area contributed by atoms with E-state index in [1.807, 2.05) is 13.8 Å². The molecule has 1 saturated carbocycles. The first kappa shape index (κ1) is 14.1. The van der Waals surface area contributed by atoms with E-state index >= 15 is 0 Å². The van der Waals surface area contributed by atoms with Gasteiger partial charge in [0.25, 0.3) is 5.91 Å². The van der Waals surface area contributed by atoms with Crippen LogP contribution < -0.4 is 16.4 Å². The lowest BCUT2D eigenvalue weighted by Crippen LogP contribution is -2.33. The Morgan fingerprint density at radius 1 is 1.42 bits per heavy atom. The fourth-order valence-electron chi connectivity index (χ4n) is 2.22. The number of aromatic nitrogens is 1. The maximum absolute atomic E-state index is 12.1. The largest absolute Gasteiger partial charge is 0.382 e. The van der Waals surface area contributed by atoms with E-state index in [-0.39, 0.29) is 11.9 Å². The monoisotopic (exact) mass is 282 g/mol. The first-order valence-corrected chi connectivity index (χ1v) is 7.59. The summed E-state index contributed by atoms with van der Waals surface area (Å²) in [5.74, 6) is 0.861. The van der Waals surface area contributed by atoms with Crippen LogP contribution in [-0.2, 0) is 0 Å². The SMILES string of the molecule is CC(C)NC(=O)c1c(N)nsc1NC(C)C1CCC1. The number of nitrogens with zero attached hydrogens (tertiary/aromatic N) is 1. The Kier molecular flexibility index (Phi) is 4.29. The first-order chi connectivity index (χ1) is 8.99. The number of carbonyl (C=O) groups excluding carboxylic acids is 1. The molecule has 1 heterocycles. The van der Waals surface area contributed by atoms with Crippen molar-refractivity contribution in [3.63, 3.8) is 0 Å². The summed E-state index contributed by atoms with van der Waals surface area (Å²) in [6.07, 6.45) is 3.83. The van der Waals surface area contributed by atoms with Gasteiger partial charge in [-0.1, -0.05) is 6.42 Å². The minimum atomic E-state index is -0.149. The van der Waals surface area contributed by atoms with Crippen LogP contribution in [0.15, 0.2) is 0 Å². The molecule has 0 aromatic carbocycles. The van der Waals surface area contributed by atoms with Gasteiger partial charge >= 0.3 is 0 Å². The predicted molar refractivity (Wildman–Crippen MR) is 79.6 cm³/mol. The molecule has 6 heteroatoms. The van der Waals surface area contributed by atoms with Gasteiger partial charge < -0.3 is 16.4 Å². The molecule has 1 aliphatic rings. The van der Waals surface area contributed by atoms with Crippen LogP contribution in [-0.4, -0.2) is 22.4 Å². The summed E-state index contributed by atoms with van der Waals surface area (Å²) in [6, 6.07) is 0.447. The third-order valence-corrected chi connectivity index (χ3v) is 4.37. The highest BCUT2D eigenvalue weighted by molar-refractivity contribution is 7.11. The van der Waals surface area contributed by atoms with Crippen molar-refractivity contribution in [2.75, 3.05) is 11.1 Å². The molecular weight excluding hydrogens is 260 g/mol. The number of nitrogen functional groups attached to an aromatic ring is 1. The van der Waals surface area contributed by atoms with E-state index in [1.54, 1.807) is 0 Å². The number of nitrogens with two attached hydrogens (primary N) is 1. The number of rotatable bonds is 5. The third kappa shape index (κ3) is 3.18. The van der Waals surface area contributed by atoms with E-state index in [1.165, 1.54) is 30.8 Å². The van der Waals surface area contributed by atoms with E-state index in [2.05, 4.69) is 21.9 Å². The summed E-state index contributed by atoms with van der Waals surface area (Å²) in [4.78, 5) is 12.1. The Morgan fingerprint density at radius 3 is 2.63 bits per heavy atom. The van der Waals surface area contributed by atoms with Crippen molar-refractivity contribution in [2.45, 2.75) is 52.1 Å². The van der Waals surface area contributed by atoms with Crippen LogP contribution in [0.4, 0.5) is 10.8 Å². The molecular formula is C13H22N4OS. The number of nitrogens with one attached hydrogen (secondary N) is 2. The molecule has 1 fully saturated rings. The minimum Gasteiger partial charge on any atom is -0.382 e. The first-order valence-electron chi connectivity index (χ1n) is 6.81. The average molecular weight is 282 g/mol. The molecule has 0 bridgehead atoms. The van der Waals surface area contributed by atoms with Crippen molar-refractivity contribution in [3.05, 3.63) is 5.56 Å². The maximum Gasteiger partial charge on any atom is 0.258 e. The van der Waals surface area contributed by atoms with Gasteiger partial charge in [-0.25, -0.2) is 0 Å². The molecule has 1 atom stereocenters. The Morgan fingerprint density at radius 2 is 2.11 bits per heavy atom. The zero-order valence-corrected chi connectivity index (χ0v) is 12.5. The molecule has 1 aromatic rings. The molecule has 0 saturated heterocycles. The van der Waals surface area contributed by atoms with Gasteiger partial charge in [-0.3, -0.25) is 4.79 Å². The van der Waals surface area contributed by atoms with Gasteiger partial charge in [0.2, 0.25) is 0 Å². The molecule has 2 rings (SSSR count). The number of carbonyl (C=O) groups is 1. The Balaban J connectivity index is 2.10. The van der Waals surface area contributed by atoms with Gasteiger partial charge in [-0.05, 0) is 51.1 Å². The molecule has 5 nitrogen and oxygen atoms in total. The zero-order valence-electron chi connectivity index (χ0n) is 11.7. The lowest BCUT2D eigenvalue weighted by atomic mass is 9.80. The predicted octanol–water partition coefficient (Wildman–Crippen LogP) is 2.46. The molecule has 0 spiro atoms. The van der Waals surface area contributed by atoms with Crippen LogP contribution in [0.3, 0.4) is 0 Å². The van der Waals surface area contributed by atoms with Crippen LogP contribution >= 0.6 is 11.5 Å². The second-order valence-corrected chi connectivity index (χ2v) is 6.30. The van der Waals surface area contributed by atoms with Crippen molar-refractivity contribution in [1.82, 2.24) is 9.69 Å². The summed E-state index contributed by atoms with van der Waals surface area (Å²) < 4.78 is 4.10. The highest BCUT2D eigenvalue weighted by Crippen LogP contribution is 2.34. The molecule has 0 radical (unpaired) electrons. The van der Waals surface area contributed by atoms with Crippen LogP contribution in [0.25, 0.3) is 0 Å². The van der Waals surface area contributed by atoms with Gasteiger partial charge in [-0.2, -0.15) is 4.37 Å². The summed E-state index contributed by atoms with van der Waals surface area (Å²) >= 11 is 1.26. The highest BCUT2D eigenvalue weighted by atomic mass is 32.1.